The molecule has 8 heteroatoms. The van der Waals surface area contributed by atoms with Crippen LogP contribution in [0.15, 0.2) is 29.6 Å². The highest BCUT2D eigenvalue weighted by molar-refractivity contribution is 8.15. The van der Waals surface area contributed by atoms with Crippen molar-refractivity contribution in [3.63, 3.8) is 0 Å². The Labute approximate surface area is 140 Å². The van der Waals surface area contributed by atoms with E-state index < -0.39 is 16.4 Å². The van der Waals surface area contributed by atoms with Crippen LogP contribution < -0.4 is 10.6 Å². The van der Waals surface area contributed by atoms with Crippen molar-refractivity contribution in [1.29, 1.82) is 0 Å². The third-order valence-electron chi connectivity index (χ3n) is 3.31. The zero-order chi connectivity index (χ0) is 16.4. The Morgan fingerprint density at radius 3 is 2.83 bits per heavy atom. The van der Waals surface area contributed by atoms with Gasteiger partial charge in [-0.3, -0.25) is 19.7 Å². The number of nitrogens with zero attached hydrogens (tertiary/aromatic N) is 1. The lowest BCUT2D eigenvalue weighted by molar-refractivity contribution is -0.122. The fraction of sp³-hybridized carbons (Fsp3) is 0.200. The van der Waals surface area contributed by atoms with Crippen molar-refractivity contribution < 1.29 is 14.4 Å². The van der Waals surface area contributed by atoms with Gasteiger partial charge in [-0.2, -0.15) is 0 Å². The third-order valence-corrected chi connectivity index (χ3v) is 5.05. The van der Waals surface area contributed by atoms with Crippen LogP contribution in [0, 0.1) is 6.92 Å². The molecule has 0 bridgehead atoms. The van der Waals surface area contributed by atoms with Crippen molar-refractivity contribution in [2.45, 2.75) is 18.6 Å². The predicted octanol–water partition coefficient (Wildman–Crippen LogP) is 2.80. The molecule has 23 heavy (non-hydrogen) atoms. The smallest absolute Gasteiger partial charge is 0.286 e. The number of aryl methyl sites for hydroxylation is 1. The SMILES string of the molecule is Cc1ccccc1-c1csc(NC(=O)CC2SC(=O)NC2=O)n1. The van der Waals surface area contributed by atoms with Gasteiger partial charge in [0, 0.05) is 17.4 Å². The van der Waals surface area contributed by atoms with Gasteiger partial charge < -0.3 is 5.32 Å². The quantitative estimate of drug-likeness (QED) is 0.888. The van der Waals surface area contributed by atoms with Crippen LogP contribution in [-0.2, 0) is 9.59 Å². The molecule has 0 radical (unpaired) electrons. The van der Waals surface area contributed by atoms with E-state index in [0.717, 1.165) is 28.6 Å². The first-order valence-corrected chi connectivity index (χ1v) is 8.62. The summed E-state index contributed by atoms with van der Waals surface area (Å²) in [7, 11) is 0. The van der Waals surface area contributed by atoms with Crippen molar-refractivity contribution in [3.05, 3.63) is 35.2 Å². The van der Waals surface area contributed by atoms with Crippen LogP contribution in [0.2, 0.25) is 0 Å². The summed E-state index contributed by atoms with van der Waals surface area (Å²) in [5.74, 6) is -0.757. The second-order valence-electron chi connectivity index (χ2n) is 4.99. The average molecular weight is 347 g/mol. The molecule has 1 aliphatic heterocycles. The van der Waals surface area contributed by atoms with Crippen LogP contribution in [0.3, 0.4) is 0 Å². The fourth-order valence-electron chi connectivity index (χ4n) is 2.18. The highest BCUT2D eigenvalue weighted by atomic mass is 32.2. The van der Waals surface area contributed by atoms with E-state index in [1.54, 1.807) is 0 Å². The summed E-state index contributed by atoms with van der Waals surface area (Å²) in [5.41, 5.74) is 2.92. The van der Waals surface area contributed by atoms with Crippen LogP contribution in [0.5, 0.6) is 0 Å². The summed E-state index contributed by atoms with van der Waals surface area (Å²) in [6.45, 7) is 2.00. The second-order valence-corrected chi connectivity index (χ2v) is 7.02. The first-order valence-electron chi connectivity index (χ1n) is 6.86. The molecule has 118 valence electrons. The Morgan fingerprint density at radius 2 is 2.13 bits per heavy atom. The van der Waals surface area contributed by atoms with Crippen LogP contribution in [0.1, 0.15) is 12.0 Å². The molecule has 1 fully saturated rings. The Balaban J connectivity index is 1.65. The maximum atomic E-state index is 12.0. The van der Waals surface area contributed by atoms with Crippen LogP contribution >= 0.6 is 23.1 Å². The number of hydrogen-bond donors (Lipinski definition) is 2. The average Bonchev–Trinajstić information content (AvgIpc) is 3.06. The number of benzene rings is 1. The van der Waals surface area contributed by atoms with Crippen molar-refractivity contribution in [1.82, 2.24) is 10.3 Å². The number of imide groups is 1. The fourth-order valence-corrected chi connectivity index (χ4v) is 3.73. The number of amides is 3. The van der Waals surface area contributed by atoms with Crippen molar-refractivity contribution in [3.8, 4) is 11.3 Å². The van der Waals surface area contributed by atoms with E-state index in [1.807, 2.05) is 36.6 Å². The van der Waals surface area contributed by atoms with Gasteiger partial charge in [0.15, 0.2) is 5.13 Å². The monoisotopic (exact) mass is 347 g/mol. The molecule has 1 aromatic heterocycles. The molecule has 3 amide bonds. The van der Waals surface area contributed by atoms with E-state index in [2.05, 4.69) is 15.6 Å². The summed E-state index contributed by atoms with van der Waals surface area (Å²) < 4.78 is 0. The van der Waals surface area contributed by atoms with E-state index in [1.165, 1.54) is 11.3 Å². The maximum Gasteiger partial charge on any atom is 0.286 e. The highest BCUT2D eigenvalue weighted by Crippen LogP contribution is 2.28. The van der Waals surface area contributed by atoms with Crippen molar-refractivity contribution in [2.24, 2.45) is 0 Å². The summed E-state index contributed by atoms with van der Waals surface area (Å²) in [6, 6.07) is 7.87. The van der Waals surface area contributed by atoms with Gasteiger partial charge in [-0.1, -0.05) is 36.0 Å². The van der Waals surface area contributed by atoms with Gasteiger partial charge in [0.05, 0.1) is 5.69 Å². The highest BCUT2D eigenvalue weighted by Gasteiger charge is 2.33. The predicted molar refractivity (Wildman–Crippen MR) is 90.5 cm³/mol. The molecule has 0 aliphatic carbocycles. The largest absolute Gasteiger partial charge is 0.302 e. The standard InChI is InChI=1S/C15H13N3O3S2/c1-8-4-2-3-5-9(8)10-7-22-14(16-10)17-12(19)6-11-13(20)18-15(21)23-11/h2-5,7,11H,6H2,1H3,(H,16,17,19)(H,18,20,21). The first-order chi connectivity index (χ1) is 11.0. The van der Waals surface area contributed by atoms with Crippen LogP contribution in [0.4, 0.5) is 9.93 Å². The number of carbonyl (C=O) groups excluding carboxylic acids is 3. The molecule has 3 rings (SSSR count). The molecule has 2 heterocycles. The molecule has 0 spiro atoms. The Bertz CT molecular complexity index is 788. The van der Waals surface area contributed by atoms with Gasteiger partial charge >= 0.3 is 0 Å². The first kappa shape index (κ1) is 15.7. The third kappa shape index (κ3) is 3.59. The molecule has 0 saturated carbocycles. The molecule has 1 unspecified atom stereocenters. The van der Waals surface area contributed by atoms with Gasteiger partial charge in [-0.25, -0.2) is 4.98 Å². The van der Waals surface area contributed by atoms with Gasteiger partial charge in [-0.05, 0) is 12.5 Å². The number of carbonyl (C=O) groups is 3. The number of rotatable bonds is 4. The maximum absolute atomic E-state index is 12.0. The lowest BCUT2D eigenvalue weighted by atomic mass is 10.1. The number of nitrogens with one attached hydrogen (secondary N) is 2. The molecule has 1 aromatic carbocycles. The minimum atomic E-state index is -0.668. The minimum Gasteiger partial charge on any atom is -0.302 e. The minimum absolute atomic E-state index is 0.0540. The van der Waals surface area contributed by atoms with Gasteiger partial charge in [0.2, 0.25) is 11.8 Å². The molecule has 1 aliphatic rings. The van der Waals surface area contributed by atoms with Gasteiger partial charge in [0.1, 0.15) is 5.25 Å². The Kier molecular flexibility index (Phi) is 4.44. The number of thioether (sulfide) groups is 1. The molecule has 6 nitrogen and oxygen atoms in total. The zero-order valence-corrected chi connectivity index (χ0v) is 13.8. The summed E-state index contributed by atoms with van der Waals surface area (Å²) in [6.07, 6.45) is -0.0540. The lowest BCUT2D eigenvalue weighted by Crippen LogP contribution is -2.27. The number of hydrogen-bond acceptors (Lipinski definition) is 6. The Morgan fingerprint density at radius 1 is 1.35 bits per heavy atom. The topological polar surface area (TPSA) is 88.2 Å². The van der Waals surface area contributed by atoms with Crippen molar-refractivity contribution in [2.75, 3.05) is 5.32 Å². The van der Waals surface area contributed by atoms with Crippen LogP contribution in [0.25, 0.3) is 11.3 Å². The molecule has 2 N–H and O–H groups in total. The molecular weight excluding hydrogens is 334 g/mol. The normalized spacial score (nSPS) is 17.2. The Hall–Kier alpha value is -2.19. The molecule has 2 aromatic rings. The number of aromatic nitrogens is 1. The summed E-state index contributed by atoms with van der Waals surface area (Å²) in [5, 5.41) is 6.10. The van der Waals surface area contributed by atoms with Gasteiger partial charge in [0.25, 0.3) is 5.24 Å². The van der Waals surface area contributed by atoms with Crippen LogP contribution in [-0.4, -0.2) is 27.3 Å². The molecule has 1 saturated heterocycles. The zero-order valence-electron chi connectivity index (χ0n) is 12.2. The van der Waals surface area contributed by atoms with E-state index in [4.69, 9.17) is 0 Å². The number of anilines is 1. The van der Waals surface area contributed by atoms with E-state index in [9.17, 15) is 14.4 Å². The molecular formula is C15H13N3O3S2. The summed E-state index contributed by atoms with van der Waals surface area (Å²) >= 11 is 2.16. The van der Waals surface area contributed by atoms with E-state index in [-0.39, 0.29) is 12.3 Å². The van der Waals surface area contributed by atoms with E-state index in [0.29, 0.717) is 5.13 Å². The van der Waals surface area contributed by atoms with Gasteiger partial charge in [-0.15, -0.1) is 11.3 Å². The summed E-state index contributed by atoms with van der Waals surface area (Å²) in [4.78, 5) is 38.9. The number of thiazole rings is 1. The lowest BCUT2D eigenvalue weighted by Gasteiger charge is -2.04. The van der Waals surface area contributed by atoms with E-state index >= 15 is 0 Å². The molecule has 1 atom stereocenters. The van der Waals surface area contributed by atoms with Crippen molar-refractivity contribution >= 4 is 45.3 Å². The second kappa shape index (κ2) is 6.51.